The largest absolute Gasteiger partial charge is 0.361 e. The molecule has 0 aliphatic heterocycles. The number of hydrogen-bond donors (Lipinski definition) is 2. The fourth-order valence-electron chi connectivity index (χ4n) is 4.05. The van der Waals surface area contributed by atoms with Crippen molar-refractivity contribution in [3.8, 4) is 0 Å². The lowest BCUT2D eigenvalue weighted by Gasteiger charge is -2.16. The summed E-state index contributed by atoms with van der Waals surface area (Å²) in [5.74, 6) is 0.0632. The van der Waals surface area contributed by atoms with E-state index in [9.17, 15) is 4.79 Å². The van der Waals surface area contributed by atoms with Gasteiger partial charge in [-0.3, -0.25) is 4.79 Å². The van der Waals surface area contributed by atoms with Crippen molar-refractivity contribution in [2.75, 3.05) is 6.54 Å². The summed E-state index contributed by atoms with van der Waals surface area (Å²) >= 11 is 1.72. The van der Waals surface area contributed by atoms with Gasteiger partial charge in [0.25, 0.3) is 5.91 Å². The molecule has 4 nitrogen and oxygen atoms in total. The van der Waals surface area contributed by atoms with Crippen LogP contribution in [0.25, 0.3) is 21.8 Å². The Morgan fingerprint density at radius 1 is 1.07 bits per heavy atom. The Bertz CT molecular complexity index is 1300. The maximum absolute atomic E-state index is 13.1. The molecule has 2 N–H and O–H groups in total. The molecule has 2 aromatic carbocycles. The second-order valence-corrected chi connectivity index (χ2v) is 8.22. The van der Waals surface area contributed by atoms with Crippen LogP contribution < -0.4 is 5.32 Å². The van der Waals surface area contributed by atoms with Crippen LogP contribution in [0.2, 0.25) is 0 Å². The number of amides is 1. The minimum atomic E-state index is -0.0387. The first-order valence-corrected chi connectivity index (χ1v) is 10.5. The fourth-order valence-corrected chi connectivity index (χ4v) is 4.89. The number of benzene rings is 2. The van der Waals surface area contributed by atoms with Gasteiger partial charge in [-0.05, 0) is 29.1 Å². The number of nitrogens with one attached hydrogen (secondary N) is 2. The molecule has 0 spiro atoms. The van der Waals surface area contributed by atoms with Gasteiger partial charge in [0.1, 0.15) is 0 Å². The van der Waals surface area contributed by atoms with E-state index >= 15 is 0 Å². The summed E-state index contributed by atoms with van der Waals surface area (Å²) in [5, 5.41) is 7.45. The Morgan fingerprint density at radius 2 is 1.86 bits per heavy atom. The number of carbonyl (C=O) groups is 1. The Labute approximate surface area is 172 Å². The third kappa shape index (κ3) is 3.13. The topological polar surface area (TPSA) is 49.8 Å². The Hall–Kier alpha value is -3.31. The molecule has 0 fully saturated rings. The summed E-state index contributed by atoms with van der Waals surface area (Å²) in [5.41, 5.74) is 4.10. The molecule has 3 heterocycles. The number of H-pyrrole nitrogens is 1. The van der Waals surface area contributed by atoms with E-state index in [1.807, 2.05) is 48.1 Å². The Kier molecular flexibility index (Phi) is 4.45. The molecule has 0 radical (unpaired) electrons. The molecule has 29 heavy (non-hydrogen) atoms. The Morgan fingerprint density at radius 3 is 2.69 bits per heavy atom. The molecule has 1 amide bonds. The number of fused-ring (bicyclic) bond motifs is 2. The van der Waals surface area contributed by atoms with E-state index in [1.54, 1.807) is 11.3 Å². The van der Waals surface area contributed by atoms with Crippen molar-refractivity contribution in [1.29, 1.82) is 0 Å². The van der Waals surface area contributed by atoms with Crippen LogP contribution in [-0.4, -0.2) is 22.0 Å². The zero-order chi connectivity index (χ0) is 19.8. The molecule has 0 saturated heterocycles. The third-order valence-corrected chi connectivity index (χ3v) is 6.48. The zero-order valence-electron chi connectivity index (χ0n) is 16.1. The van der Waals surface area contributed by atoms with E-state index in [2.05, 4.69) is 52.2 Å². The van der Waals surface area contributed by atoms with Crippen molar-refractivity contribution in [1.82, 2.24) is 14.9 Å². The van der Waals surface area contributed by atoms with E-state index in [0.29, 0.717) is 12.1 Å². The van der Waals surface area contributed by atoms with Crippen LogP contribution in [0.1, 0.15) is 26.7 Å². The van der Waals surface area contributed by atoms with Gasteiger partial charge in [0.15, 0.2) is 0 Å². The van der Waals surface area contributed by atoms with Crippen molar-refractivity contribution in [3.05, 3.63) is 94.4 Å². The predicted octanol–water partition coefficient (Wildman–Crippen LogP) is 5.28. The molecule has 1 unspecified atom stereocenters. The summed E-state index contributed by atoms with van der Waals surface area (Å²) in [4.78, 5) is 17.7. The number of hydrogen-bond acceptors (Lipinski definition) is 2. The SMILES string of the molecule is Cn1cc(C(=O)NCC(c2cccs2)c2c[nH]c3ccccc23)c2ccccc21. The number of aromatic nitrogens is 2. The minimum Gasteiger partial charge on any atom is -0.361 e. The first-order valence-electron chi connectivity index (χ1n) is 9.64. The first kappa shape index (κ1) is 17.8. The van der Waals surface area contributed by atoms with E-state index in [0.717, 1.165) is 16.4 Å². The summed E-state index contributed by atoms with van der Waals surface area (Å²) in [6.45, 7) is 0.546. The lowest BCUT2D eigenvalue weighted by atomic mass is 9.96. The van der Waals surface area contributed by atoms with E-state index < -0.39 is 0 Å². The van der Waals surface area contributed by atoms with Crippen molar-refractivity contribution in [2.24, 2.45) is 7.05 Å². The van der Waals surface area contributed by atoms with Crippen molar-refractivity contribution < 1.29 is 4.79 Å². The fraction of sp³-hybridized carbons (Fsp3) is 0.125. The van der Waals surface area contributed by atoms with Gasteiger partial charge in [0, 0.05) is 58.6 Å². The average Bonchev–Trinajstić information content (AvgIpc) is 3.49. The molecule has 0 aliphatic carbocycles. The van der Waals surface area contributed by atoms with Gasteiger partial charge in [-0.1, -0.05) is 42.5 Å². The molecule has 0 saturated carbocycles. The van der Waals surface area contributed by atoms with Gasteiger partial charge in [-0.25, -0.2) is 0 Å². The number of thiophene rings is 1. The number of aryl methyl sites for hydroxylation is 1. The minimum absolute atomic E-state index is 0.0387. The van der Waals surface area contributed by atoms with Crippen molar-refractivity contribution in [3.63, 3.8) is 0 Å². The van der Waals surface area contributed by atoms with E-state index in [-0.39, 0.29) is 11.8 Å². The highest BCUT2D eigenvalue weighted by atomic mass is 32.1. The highest BCUT2D eigenvalue weighted by molar-refractivity contribution is 7.10. The summed E-state index contributed by atoms with van der Waals surface area (Å²) in [6.07, 6.45) is 3.98. The van der Waals surface area contributed by atoms with Crippen LogP contribution in [0.3, 0.4) is 0 Å². The molecular formula is C24H21N3OS. The van der Waals surface area contributed by atoms with Gasteiger partial charge in [0.2, 0.25) is 0 Å². The number of nitrogens with zero attached hydrogens (tertiary/aromatic N) is 1. The van der Waals surface area contributed by atoms with Crippen LogP contribution in [0.15, 0.2) is 78.4 Å². The lowest BCUT2D eigenvalue weighted by Crippen LogP contribution is -2.28. The van der Waals surface area contributed by atoms with Gasteiger partial charge in [0.05, 0.1) is 5.56 Å². The van der Waals surface area contributed by atoms with Crippen LogP contribution in [0.5, 0.6) is 0 Å². The Balaban J connectivity index is 1.46. The van der Waals surface area contributed by atoms with Crippen molar-refractivity contribution in [2.45, 2.75) is 5.92 Å². The second-order valence-electron chi connectivity index (χ2n) is 7.24. The number of rotatable bonds is 5. The van der Waals surface area contributed by atoms with Crippen LogP contribution >= 0.6 is 11.3 Å². The van der Waals surface area contributed by atoms with Gasteiger partial charge in [-0.15, -0.1) is 11.3 Å². The molecule has 0 aliphatic rings. The van der Waals surface area contributed by atoms with Crippen LogP contribution in [0, 0.1) is 0 Å². The van der Waals surface area contributed by atoms with E-state index in [1.165, 1.54) is 15.8 Å². The van der Waals surface area contributed by atoms with Crippen LogP contribution in [0.4, 0.5) is 0 Å². The second kappa shape index (κ2) is 7.26. The molecule has 144 valence electrons. The van der Waals surface area contributed by atoms with Gasteiger partial charge >= 0.3 is 0 Å². The molecule has 5 aromatic rings. The quantitative estimate of drug-likeness (QED) is 0.415. The van der Waals surface area contributed by atoms with Gasteiger partial charge < -0.3 is 14.9 Å². The normalized spacial score (nSPS) is 12.4. The molecule has 1 atom stereocenters. The van der Waals surface area contributed by atoms with E-state index in [4.69, 9.17) is 0 Å². The van der Waals surface area contributed by atoms with Crippen LogP contribution in [-0.2, 0) is 7.05 Å². The predicted molar refractivity (Wildman–Crippen MR) is 120 cm³/mol. The smallest absolute Gasteiger partial charge is 0.253 e. The number of aromatic amines is 1. The third-order valence-electron chi connectivity index (χ3n) is 5.49. The summed E-state index contributed by atoms with van der Waals surface area (Å²) in [7, 11) is 1.97. The molecular weight excluding hydrogens is 378 g/mol. The number of para-hydroxylation sites is 2. The lowest BCUT2D eigenvalue weighted by molar-refractivity contribution is 0.0954. The number of carbonyl (C=O) groups excluding carboxylic acids is 1. The standard InChI is InChI=1S/C24H21N3OS/c1-27-15-20(17-8-3-5-10-22(17)27)24(28)26-14-19(23-11-6-12-29-23)18-13-25-21-9-4-2-7-16(18)21/h2-13,15,19,25H,14H2,1H3,(H,26,28). The zero-order valence-corrected chi connectivity index (χ0v) is 16.9. The molecule has 5 rings (SSSR count). The maximum atomic E-state index is 13.1. The molecule has 3 aromatic heterocycles. The first-order chi connectivity index (χ1) is 14.2. The molecule has 0 bridgehead atoms. The van der Waals surface area contributed by atoms with Gasteiger partial charge in [-0.2, -0.15) is 0 Å². The highest BCUT2D eigenvalue weighted by Gasteiger charge is 2.21. The monoisotopic (exact) mass is 399 g/mol. The maximum Gasteiger partial charge on any atom is 0.253 e. The average molecular weight is 400 g/mol. The summed E-state index contributed by atoms with van der Waals surface area (Å²) < 4.78 is 2.00. The summed E-state index contributed by atoms with van der Waals surface area (Å²) in [6, 6.07) is 20.5. The van der Waals surface area contributed by atoms with Crippen molar-refractivity contribution >= 4 is 39.0 Å². The molecule has 5 heteroatoms. The highest BCUT2D eigenvalue weighted by Crippen LogP contribution is 2.33.